The van der Waals surface area contributed by atoms with Crippen LogP contribution < -0.4 is 5.32 Å². The number of hydrogen-bond acceptors (Lipinski definition) is 1. The van der Waals surface area contributed by atoms with Crippen LogP contribution in [0.3, 0.4) is 0 Å². The van der Waals surface area contributed by atoms with Crippen LogP contribution >= 0.6 is 0 Å². The fourth-order valence-corrected chi connectivity index (χ4v) is 2.04. The van der Waals surface area contributed by atoms with Crippen molar-refractivity contribution < 1.29 is 0 Å². The minimum atomic E-state index is 0.324. The van der Waals surface area contributed by atoms with Crippen molar-refractivity contribution in [3.05, 3.63) is 12.7 Å². The van der Waals surface area contributed by atoms with E-state index in [4.69, 9.17) is 0 Å². The van der Waals surface area contributed by atoms with Crippen LogP contribution in [-0.4, -0.2) is 12.6 Å². The summed E-state index contributed by atoms with van der Waals surface area (Å²) in [6.45, 7) is 8.32. The molecule has 0 saturated carbocycles. The van der Waals surface area contributed by atoms with Crippen molar-refractivity contribution in [3.63, 3.8) is 0 Å². The van der Waals surface area contributed by atoms with Gasteiger partial charge in [-0.1, -0.05) is 51.0 Å². The van der Waals surface area contributed by atoms with Gasteiger partial charge in [0.05, 0.1) is 0 Å². The maximum atomic E-state index is 3.75. The lowest BCUT2D eigenvalue weighted by atomic mass is 9.96. The third-order valence-electron chi connectivity index (χ3n) is 3.64. The second kappa shape index (κ2) is 10.8. The molecule has 0 aromatic heterocycles. The third kappa shape index (κ3) is 12.0. The maximum absolute atomic E-state index is 3.75. The van der Waals surface area contributed by atoms with Gasteiger partial charge < -0.3 is 5.32 Å². The normalized spacial score (nSPS) is 11.7. The van der Waals surface area contributed by atoms with Gasteiger partial charge >= 0.3 is 0 Å². The van der Waals surface area contributed by atoms with E-state index < -0.39 is 0 Å². The van der Waals surface area contributed by atoms with Crippen LogP contribution in [0.1, 0.15) is 78.1 Å². The van der Waals surface area contributed by atoms with Crippen molar-refractivity contribution >= 4 is 0 Å². The number of nitrogens with one attached hydrogen (secondary N) is 1. The van der Waals surface area contributed by atoms with E-state index >= 15 is 0 Å². The first kappa shape index (κ1) is 16.7. The Balaban J connectivity index is 3.11. The van der Waals surface area contributed by atoms with E-state index in [0.717, 1.165) is 0 Å². The molecule has 0 amide bonds. The summed E-state index contributed by atoms with van der Waals surface area (Å²) < 4.78 is 0. The van der Waals surface area contributed by atoms with Gasteiger partial charge in [0.25, 0.3) is 0 Å². The summed E-state index contributed by atoms with van der Waals surface area (Å²) in [6.07, 6.45) is 15.7. The van der Waals surface area contributed by atoms with Crippen molar-refractivity contribution in [2.24, 2.45) is 0 Å². The van der Waals surface area contributed by atoms with E-state index in [1.54, 1.807) is 0 Å². The highest BCUT2D eigenvalue weighted by Crippen LogP contribution is 2.15. The van der Waals surface area contributed by atoms with Gasteiger partial charge in [0.1, 0.15) is 0 Å². The fraction of sp³-hybridized carbons (Fsp3) is 0.875. The van der Waals surface area contributed by atoms with E-state index in [2.05, 4.69) is 32.8 Å². The van der Waals surface area contributed by atoms with Gasteiger partial charge in [-0.2, -0.15) is 0 Å². The SMILES string of the molecule is C=CCCCCCCCCCCC(C)(C)NC. The molecular formula is C16H33N. The molecular weight excluding hydrogens is 206 g/mol. The molecule has 0 bridgehead atoms. The lowest BCUT2D eigenvalue weighted by molar-refractivity contribution is 0.373. The molecule has 0 atom stereocenters. The van der Waals surface area contributed by atoms with Crippen molar-refractivity contribution in [1.29, 1.82) is 0 Å². The van der Waals surface area contributed by atoms with Gasteiger partial charge in [0.2, 0.25) is 0 Å². The molecule has 0 aromatic rings. The molecule has 0 unspecified atom stereocenters. The molecule has 0 saturated heterocycles. The highest BCUT2D eigenvalue weighted by atomic mass is 14.9. The zero-order chi connectivity index (χ0) is 13.0. The smallest absolute Gasteiger partial charge is 0.0122 e. The topological polar surface area (TPSA) is 12.0 Å². The molecule has 1 N–H and O–H groups in total. The Kier molecular flexibility index (Phi) is 10.6. The minimum absolute atomic E-state index is 0.324. The molecule has 17 heavy (non-hydrogen) atoms. The number of hydrogen-bond donors (Lipinski definition) is 1. The summed E-state index contributed by atoms with van der Waals surface area (Å²) in [5.74, 6) is 0. The van der Waals surface area contributed by atoms with Crippen LogP contribution in [0.15, 0.2) is 12.7 Å². The van der Waals surface area contributed by atoms with Gasteiger partial charge in [0, 0.05) is 5.54 Å². The average molecular weight is 239 g/mol. The Bertz CT molecular complexity index is 172. The van der Waals surface area contributed by atoms with E-state index in [1.807, 2.05) is 6.08 Å². The molecule has 0 radical (unpaired) electrons. The van der Waals surface area contributed by atoms with Crippen LogP contribution in [0.25, 0.3) is 0 Å². The van der Waals surface area contributed by atoms with Crippen LogP contribution in [0.4, 0.5) is 0 Å². The highest BCUT2D eigenvalue weighted by molar-refractivity contribution is 4.74. The lowest BCUT2D eigenvalue weighted by Crippen LogP contribution is -2.35. The molecule has 0 spiro atoms. The van der Waals surface area contributed by atoms with E-state index in [1.165, 1.54) is 64.2 Å². The molecule has 0 aromatic carbocycles. The van der Waals surface area contributed by atoms with Crippen molar-refractivity contribution in [2.75, 3.05) is 7.05 Å². The first-order chi connectivity index (χ1) is 8.12. The highest BCUT2D eigenvalue weighted by Gasteiger charge is 2.12. The summed E-state index contributed by atoms with van der Waals surface area (Å²) in [5, 5.41) is 3.36. The van der Waals surface area contributed by atoms with Crippen LogP contribution in [-0.2, 0) is 0 Å². The molecule has 0 aliphatic heterocycles. The zero-order valence-corrected chi connectivity index (χ0v) is 12.4. The van der Waals surface area contributed by atoms with E-state index in [0.29, 0.717) is 5.54 Å². The molecule has 0 rings (SSSR count). The molecule has 0 fully saturated rings. The second-order valence-corrected chi connectivity index (χ2v) is 5.79. The van der Waals surface area contributed by atoms with Gasteiger partial charge in [-0.15, -0.1) is 6.58 Å². The largest absolute Gasteiger partial charge is 0.315 e. The fourth-order valence-electron chi connectivity index (χ4n) is 2.04. The quantitative estimate of drug-likeness (QED) is 0.370. The van der Waals surface area contributed by atoms with E-state index in [9.17, 15) is 0 Å². The molecule has 0 aliphatic rings. The summed E-state index contributed by atoms with van der Waals surface area (Å²) in [6, 6.07) is 0. The minimum Gasteiger partial charge on any atom is -0.315 e. The van der Waals surface area contributed by atoms with Crippen LogP contribution in [0, 0.1) is 0 Å². The standard InChI is InChI=1S/C16H33N/c1-5-6-7-8-9-10-11-12-13-14-15-16(2,3)17-4/h5,17H,1,6-15H2,2-4H3. The van der Waals surface area contributed by atoms with Crippen LogP contribution in [0.5, 0.6) is 0 Å². The third-order valence-corrected chi connectivity index (χ3v) is 3.64. The molecule has 102 valence electrons. The first-order valence-corrected chi connectivity index (χ1v) is 7.42. The van der Waals surface area contributed by atoms with Gasteiger partial charge in [-0.05, 0) is 40.2 Å². The number of rotatable bonds is 12. The Labute approximate surface area is 109 Å². The number of unbranched alkanes of at least 4 members (excludes halogenated alkanes) is 8. The Hall–Kier alpha value is -0.300. The predicted molar refractivity (Wildman–Crippen MR) is 79.5 cm³/mol. The van der Waals surface area contributed by atoms with E-state index in [-0.39, 0.29) is 0 Å². The van der Waals surface area contributed by atoms with Crippen LogP contribution in [0.2, 0.25) is 0 Å². The maximum Gasteiger partial charge on any atom is 0.0122 e. The summed E-state index contributed by atoms with van der Waals surface area (Å²) in [7, 11) is 2.06. The van der Waals surface area contributed by atoms with Gasteiger partial charge in [-0.25, -0.2) is 0 Å². The lowest BCUT2D eigenvalue weighted by Gasteiger charge is -2.23. The average Bonchev–Trinajstić information content (AvgIpc) is 2.31. The number of allylic oxidation sites excluding steroid dienone is 1. The second-order valence-electron chi connectivity index (χ2n) is 5.79. The summed E-state index contributed by atoms with van der Waals surface area (Å²) in [4.78, 5) is 0. The van der Waals surface area contributed by atoms with Gasteiger partial charge in [-0.3, -0.25) is 0 Å². The first-order valence-electron chi connectivity index (χ1n) is 7.42. The molecule has 1 heteroatoms. The van der Waals surface area contributed by atoms with Crippen molar-refractivity contribution in [2.45, 2.75) is 83.6 Å². The molecule has 0 heterocycles. The Morgan fingerprint density at radius 2 is 1.35 bits per heavy atom. The van der Waals surface area contributed by atoms with Gasteiger partial charge in [0.15, 0.2) is 0 Å². The Morgan fingerprint density at radius 3 is 1.82 bits per heavy atom. The predicted octanol–water partition coefficient (Wildman–Crippen LogP) is 5.07. The van der Waals surface area contributed by atoms with Crippen molar-refractivity contribution in [3.8, 4) is 0 Å². The monoisotopic (exact) mass is 239 g/mol. The molecule has 1 nitrogen and oxygen atoms in total. The summed E-state index contributed by atoms with van der Waals surface area (Å²) >= 11 is 0. The summed E-state index contributed by atoms with van der Waals surface area (Å²) in [5.41, 5.74) is 0.324. The zero-order valence-electron chi connectivity index (χ0n) is 12.4. The Morgan fingerprint density at radius 1 is 0.882 bits per heavy atom. The molecule has 0 aliphatic carbocycles. The van der Waals surface area contributed by atoms with Crippen molar-refractivity contribution in [1.82, 2.24) is 5.32 Å².